The molecule has 0 saturated heterocycles. The Morgan fingerprint density at radius 3 is 1.83 bits per heavy atom. The van der Waals surface area contributed by atoms with Crippen molar-refractivity contribution in [1.82, 2.24) is 0 Å². The smallest absolute Gasteiger partial charge is 0.192 e. The fourth-order valence-corrected chi connectivity index (χ4v) is 1.57. The molecule has 1 aromatic carbocycles. The molecule has 0 unspecified atom stereocenters. The van der Waals surface area contributed by atoms with Crippen LogP contribution in [0.1, 0.15) is 22.3 Å². The van der Waals surface area contributed by atoms with Crippen LogP contribution in [-0.4, -0.2) is 0 Å². The van der Waals surface area contributed by atoms with Gasteiger partial charge in [-0.2, -0.15) is 31.6 Å². The molecule has 0 heterocycles. The number of nitriles is 1. The number of halogens is 7. The van der Waals surface area contributed by atoms with Crippen molar-refractivity contribution in [2.75, 3.05) is 0 Å². The van der Waals surface area contributed by atoms with Crippen LogP contribution in [0, 0.1) is 11.3 Å². The fraction of sp³-hybridized carbons (Fsp3) is 0.300. The van der Waals surface area contributed by atoms with Gasteiger partial charge in [-0.15, -0.1) is 11.6 Å². The van der Waals surface area contributed by atoms with Crippen molar-refractivity contribution in [1.29, 1.82) is 5.26 Å². The Labute approximate surface area is 103 Å². The van der Waals surface area contributed by atoms with Gasteiger partial charge in [-0.3, -0.25) is 0 Å². The predicted molar refractivity (Wildman–Crippen MR) is 50.7 cm³/mol. The molecule has 0 aliphatic heterocycles. The second-order valence-corrected chi connectivity index (χ2v) is 3.56. The SMILES string of the molecule is N#Cc1cc(CCl)c(C(F)(F)F)cc1C(F)(F)F. The Morgan fingerprint density at radius 1 is 1.00 bits per heavy atom. The van der Waals surface area contributed by atoms with Crippen molar-refractivity contribution < 1.29 is 26.3 Å². The molecule has 0 fully saturated rings. The highest BCUT2D eigenvalue weighted by Gasteiger charge is 2.40. The average molecular weight is 288 g/mol. The second kappa shape index (κ2) is 4.69. The summed E-state index contributed by atoms with van der Waals surface area (Å²) in [5, 5.41) is 8.52. The quantitative estimate of drug-likeness (QED) is 0.557. The van der Waals surface area contributed by atoms with E-state index >= 15 is 0 Å². The van der Waals surface area contributed by atoms with E-state index in [4.69, 9.17) is 16.9 Å². The lowest BCUT2D eigenvalue weighted by Crippen LogP contribution is -2.15. The first-order chi connectivity index (χ1) is 8.11. The van der Waals surface area contributed by atoms with Crippen molar-refractivity contribution in [3.8, 4) is 6.07 Å². The van der Waals surface area contributed by atoms with Gasteiger partial charge in [0.15, 0.2) is 0 Å². The van der Waals surface area contributed by atoms with Crippen molar-refractivity contribution in [3.05, 3.63) is 34.4 Å². The highest BCUT2D eigenvalue weighted by molar-refractivity contribution is 6.17. The van der Waals surface area contributed by atoms with Crippen LogP contribution >= 0.6 is 11.6 Å². The first-order valence-corrected chi connectivity index (χ1v) is 4.92. The van der Waals surface area contributed by atoms with Gasteiger partial charge in [-0.1, -0.05) is 0 Å². The van der Waals surface area contributed by atoms with Gasteiger partial charge in [0, 0.05) is 5.88 Å². The molecule has 0 aromatic heterocycles. The van der Waals surface area contributed by atoms with E-state index in [1.54, 1.807) is 0 Å². The Balaban J connectivity index is 3.61. The highest BCUT2D eigenvalue weighted by atomic mass is 35.5. The van der Waals surface area contributed by atoms with E-state index in [2.05, 4.69) is 0 Å². The number of rotatable bonds is 1. The van der Waals surface area contributed by atoms with Crippen LogP contribution in [0.5, 0.6) is 0 Å². The summed E-state index contributed by atoms with van der Waals surface area (Å²) in [5.74, 6) is -0.637. The molecule has 0 amide bonds. The largest absolute Gasteiger partial charge is 0.417 e. The monoisotopic (exact) mass is 287 g/mol. The molecule has 0 N–H and O–H groups in total. The van der Waals surface area contributed by atoms with Gasteiger partial charge in [0.1, 0.15) is 0 Å². The van der Waals surface area contributed by atoms with E-state index in [-0.39, 0.29) is 6.07 Å². The summed E-state index contributed by atoms with van der Waals surface area (Å²) in [6.45, 7) is 0. The van der Waals surface area contributed by atoms with E-state index in [0.29, 0.717) is 6.07 Å². The minimum atomic E-state index is -5.03. The Morgan fingerprint density at radius 2 is 1.50 bits per heavy atom. The molecule has 0 aliphatic rings. The van der Waals surface area contributed by atoms with Gasteiger partial charge in [0.25, 0.3) is 0 Å². The molecule has 1 aromatic rings. The van der Waals surface area contributed by atoms with Crippen LogP contribution in [-0.2, 0) is 18.2 Å². The molecule has 0 saturated carbocycles. The third-order valence-electron chi connectivity index (χ3n) is 2.12. The van der Waals surface area contributed by atoms with Gasteiger partial charge in [-0.05, 0) is 17.7 Å². The number of benzene rings is 1. The molecule has 1 rings (SSSR count). The van der Waals surface area contributed by atoms with Crippen molar-refractivity contribution in [2.24, 2.45) is 0 Å². The summed E-state index contributed by atoms with van der Waals surface area (Å²) in [4.78, 5) is 0. The lowest BCUT2D eigenvalue weighted by Gasteiger charge is -2.16. The molecular formula is C10H4ClF6N. The topological polar surface area (TPSA) is 23.8 Å². The minimum Gasteiger partial charge on any atom is -0.192 e. The number of alkyl halides is 7. The lowest BCUT2D eigenvalue weighted by atomic mass is 9.99. The Hall–Kier alpha value is -1.42. The molecular weight excluding hydrogens is 284 g/mol. The van der Waals surface area contributed by atoms with Crippen LogP contribution in [0.4, 0.5) is 26.3 Å². The number of hydrogen-bond acceptors (Lipinski definition) is 1. The maximum Gasteiger partial charge on any atom is 0.417 e. The second-order valence-electron chi connectivity index (χ2n) is 3.30. The number of hydrogen-bond donors (Lipinski definition) is 0. The first kappa shape index (κ1) is 14.6. The summed E-state index contributed by atoms with van der Waals surface area (Å²) in [7, 11) is 0. The Bertz CT molecular complexity index is 497. The van der Waals surface area contributed by atoms with E-state index in [0.717, 1.165) is 0 Å². The van der Waals surface area contributed by atoms with E-state index in [1.165, 1.54) is 6.07 Å². The zero-order chi connectivity index (χ0) is 14.1. The van der Waals surface area contributed by atoms with E-state index in [9.17, 15) is 26.3 Å². The fourth-order valence-electron chi connectivity index (χ4n) is 1.35. The number of nitrogens with zero attached hydrogens (tertiary/aromatic N) is 1. The molecule has 1 nitrogen and oxygen atoms in total. The van der Waals surface area contributed by atoms with E-state index < -0.39 is 40.5 Å². The average Bonchev–Trinajstić information content (AvgIpc) is 2.24. The van der Waals surface area contributed by atoms with Gasteiger partial charge < -0.3 is 0 Å². The van der Waals surface area contributed by atoms with Gasteiger partial charge in [0.2, 0.25) is 0 Å². The van der Waals surface area contributed by atoms with Crippen LogP contribution < -0.4 is 0 Å². The van der Waals surface area contributed by atoms with Crippen LogP contribution in [0.2, 0.25) is 0 Å². The zero-order valence-corrected chi connectivity index (χ0v) is 9.21. The summed E-state index contributed by atoms with van der Waals surface area (Å²) in [5.41, 5.74) is -4.55. The van der Waals surface area contributed by atoms with Crippen LogP contribution in [0.15, 0.2) is 12.1 Å². The molecule has 0 bridgehead atoms. The van der Waals surface area contributed by atoms with Crippen molar-refractivity contribution >= 4 is 11.6 Å². The van der Waals surface area contributed by atoms with Gasteiger partial charge in [0.05, 0.1) is 22.8 Å². The minimum absolute atomic E-state index is 0.0870. The van der Waals surface area contributed by atoms with E-state index in [1.807, 2.05) is 0 Å². The summed E-state index contributed by atoms with van der Waals surface area (Å²) < 4.78 is 75.1. The molecule has 98 valence electrons. The van der Waals surface area contributed by atoms with Crippen molar-refractivity contribution in [3.63, 3.8) is 0 Å². The summed E-state index contributed by atoms with van der Waals surface area (Å²) in [6.07, 6.45) is -9.99. The molecule has 8 heteroatoms. The maximum atomic E-state index is 12.5. The van der Waals surface area contributed by atoms with Crippen LogP contribution in [0.25, 0.3) is 0 Å². The lowest BCUT2D eigenvalue weighted by molar-refractivity contribution is -0.143. The highest BCUT2D eigenvalue weighted by Crippen LogP contribution is 2.39. The standard InChI is InChI=1S/C10H4ClF6N/c11-3-5-1-6(4-18)8(10(15,16)17)2-7(5)9(12,13)14/h1-2H,3H2. The first-order valence-electron chi connectivity index (χ1n) is 4.38. The molecule has 0 radical (unpaired) electrons. The van der Waals surface area contributed by atoms with Crippen LogP contribution in [0.3, 0.4) is 0 Å². The third-order valence-corrected chi connectivity index (χ3v) is 2.41. The molecule has 0 aliphatic carbocycles. The summed E-state index contributed by atoms with van der Waals surface area (Å²) >= 11 is 5.24. The maximum absolute atomic E-state index is 12.5. The predicted octanol–water partition coefficient (Wildman–Crippen LogP) is 4.33. The molecule has 0 atom stereocenters. The third kappa shape index (κ3) is 2.88. The zero-order valence-electron chi connectivity index (χ0n) is 8.45. The van der Waals surface area contributed by atoms with Gasteiger partial charge >= 0.3 is 12.4 Å². The molecule has 0 spiro atoms. The Kier molecular flexibility index (Phi) is 3.81. The summed E-state index contributed by atoms with van der Waals surface area (Å²) in [6, 6.07) is 1.64. The molecule has 18 heavy (non-hydrogen) atoms. The van der Waals surface area contributed by atoms with Crippen molar-refractivity contribution in [2.45, 2.75) is 18.2 Å². The normalized spacial score (nSPS) is 12.3. The van der Waals surface area contributed by atoms with Gasteiger partial charge in [-0.25, -0.2) is 0 Å².